The lowest BCUT2D eigenvalue weighted by atomic mass is 9.78. The summed E-state index contributed by atoms with van der Waals surface area (Å²) in [5.41, 5.74) is 1.12. The molecule has 126 valence electrons. The van der Waals surface area contributed by atoms with Crippen LogP contribution in [-0.2, 0) is 25.9 Å². The zero-order chi connectivity index (χ0) is 16.9. The van der Waals surface area contributed by atoms with Crippen molar-refractivity contribution in [3.8, 4) is 0 Å². The van der Waals surface area contributed by atoms with Crippen LogP contribution in [0.4, 0.5) is 0 Å². The van der Waals surface area contributed by atoms with E-state index >= 15 is 0 Å². The Kier molecular flexibility index (Phi) is 4.12. The van der Waals surface area contributed by atoms with Crippen LogP contribution < -0.4 is 5.46 Å². The zero-order valence-corrected chi connectivity index (χ0v) is 15.0. The number of rotatable bonds is 3. The van der Waals surface area contributed by atoms with Crippen molar-refractivity contribution in [3.63, 3.8) is 0 Å². The molecule has 0 amide bonds. The Morgan fingerprint density at radius 3 is 2.39 bits per heavy atom. The summed E-state index contributed by atoms with van der Waals surface area (Å²) < 4.78 is 37.6. The number of sulfonamides is 1. The zero-order valence-electron chi connectivity index (χ0n) is 14.2. The molecule has 2 aliphatic heterocycles. The fourth-order valence-corrected chi connectivity index (χ4v) is 4.39. The van der Waals surface area contributed by atoms with Crippen molar-refractivity contribution in [3.05, 3.63) is 29.8 Å². The van der Waals surface area contributed by atoms with Gasteiger partial charge in [-0.3, -0.25) is 0 Å². The largest absolute Gasteiger partial charge is 0.494 e. The van der Waals surface area contributed by atoms with Crippen molar-refractivity contribution in [2.45, 2.75) is 51.9 Å². The van der Waals surface area contributed by atoms with Gasteiger partial charge in [0, 0.05) is 13.1 Å². The van der Waals surface area contributed by atoms with Gasteiger partial charge in [0.2, 0.25) is 10.0 Å². The Morgan fingerprint density at radius 1 is 1.17 bits per heavy atom. The van der Waals surface area contributed by atoms with Gasteiger partial charge in [0.1, 0.15) is 0 Å². The smallest absolute Gasteiger partial charge is 0.399 e. The minimum atomic E-state index is -3.08. The van der Waals surface area contributed by atoms with Gasteiger partial charge >= 0.3 is 7.12 Å². The summed E-state index contributed by atoms with van der Waals surface area (Å²) in [6.07, 6.45) is 0.708. The molecule has 0 atom stereocenters. The van der Waals surface area contributed by atoms with Gasteiger partial charge in [-0.05, 0) is 45.1 Å². The van der Waals surface area contributed by atoms with Crippen LogP contribution in [0, 0.1) is 0 Å². The molecule has 1 aromatic carbocycles. The van der Waals surface area contributed by atoms with Crippen LogP contribution in [-0.4, -0.2) is 43.3 Å². The summed E-state index contributed by atoms with van der Waals surface area (Å²) in [6.45, 7) is 9.10. The molecule has 0 radical (unpaired) electrons. The molecule has 0 unspecified atom stereocenters. The molecule has 0 spiro atoms. The van der Waals surface area contributed by atoms with E-state index < -0.39 is 17.1 Å². The van der Waals surface area contributed by atoms with E-state index in [2.05, 4.69) is 0 Å². The summed E-state index contributed by atoms with van der Waals surface area (Å²) >= 11 is 0. The summed E-state index contributed by atoms with van der Waals surface area (Å²) in [6, 6.07) is 7.82. The number of benzene rings is 1. The van der Waals surface area contributed by atoms with E-state index in [1.165, 1.54) is 0 Å². The van der Waals surface area contributed by atoms with Gasteiger partial charge in [0.25, 0.3) is 0 Å². The summed E-state index contributed by atoms with van der Waals surface area (Å²) in [5, 5.41) is 0. The molecule has 0 aliphatic carbocycles. The molecule has 0 bridgehead atoms. The average Bonchev–Trinajstić information content (AvgIpc) is 2.87. The number of hydrogen-bond acceptors (Lipinski definition) is 4. The van der Waals surface area contributed by atoms with Crippen LogP contribution in [0.3, 0.4) is 0 Å². The summed E-state index contributed by atoms with van der Waals surface area (Å²) in [4.78, 5) is 0. The van der Waals surface area contributed by atoms with Crippen LogP contribution >= 0.6 is 0 Å². The normalized spacial score (nSPS) is 25.8. The predicted molar refractivity (Wildman–Crippen MR) is 91.0 cm³/mol. The molecule has 2 saturated heterocycles. The Morgan fingerprint density at radius 2 is 1.83 bits per heavy atom. The highest BCUT2D eigenvalue weighted by atomic mass is 32.2. The highest BCUT2D eigenvalue weighted by Crippen LogP contribution is 2.36. The van der Waals surface area contributed by atoms with Gasteiger partial charge in [-0.2, -0.15) is 4.31 Å². The maximum Gasteiger partial charge on any atom is 0.494 e. The predicted octanol–water partition coefficient (Wildman–Crippen LogP) is 1.52. The fourth-order valence-electron chi connectivity index (χ4n) is 2.89. The molecule has 7 heteroatoms. The van der Waals surface area contributed by atoms with E-state index in [1.54, 1.807) is 4.31 Å². The highest BCUT2D eigenvalue weighted by Gasteiger charge is 2.51. The first-order valence-corrected chi connectivity index (χ1v) is 9.64. The maximum absolute atomic E-state index is 12.0. The Hall–Kier alpha value is -0.885. The molecule has 5 nitrogen and oxygen atoms in total. The minimum absolute atomic E-state index is 0.254. The molecule has 3 rings (SSSR count). The van der Waals surface area contributed by atoms with Gasteiger partial charge in [-0.15, -0.1) is 0 Å². The van der Waals surface area contributed by atoms with Gasteiger partial charge in [0.15, 0.2) is 0 Å². The van der Waals surface area contributed by atoms with Crippen molar-refractivity contribution >= 4 is 22.6 Å². The number of hydrogen-bond donors (Lipinski definition) is 0. The van der Waals surface area contributed by atoms with E-state index in [0.29, 0.717) is 19.5 Å². The van der Waals surface area contributed by atoms with Gasteiger partial charge in [-0.25, -0.2) is 8.42 Å². The summed E-state index contributed by atoms with van der Waals surface area (Å²) in [5.74, 6) is 0.254. The van der Waals surface area contributed by atoms with Crippen LogP contribution in [0.2, 0.25) is 0 Å². The van der Waals surface area contributed by atoms with Gasteiger partial charge in [-0.1, -0.05) is 24.3 Å². The standard InChI is InChI=1S/C16H24BNO4S/c1-15(2)16(3,4)22-17(21-15)14-8-5-7-13(11-14)12-18-9-6-10-23(18,19)20/h5,7-8,11H,6,9-10,12H2,1-4H3. The van der Waals surface area contributed by atoms with Gasteiger partial charge in [0.05, 0.1) is 17.0 Å². The molecule has 1 aromatic rings. The van der Waals surface area contributed by atoms with Crippen molar-refractivity contribution < 1.29 is 17.7 Å². The fraction of sp³-hybridized carbons (Fsp3) is 0.625. The molecule has 2 aliphatic rings. The highest BCUT2D eigenvalue weighted by molar-refractivity contribution is 7.89. The first kappa shape index (κ1) is 17.0. The quantitative estimate of drug-likeness (QED) is 0.785. The first-order valence-electron chi connectivity index (χ1n) is 8.03. The summed E-state index contributed by atoms with van der Waals surface area (Å²) in [7, 11) is -3.50. The van der Waals surface area contributed by atoms with E-state index in [0.717, 1.165) is 11.0 Å². The topological polar surface area (TPSA) is 55.8 Å². The Bertz CT molecular complexity index is 686. The molecule has 23 heavy (non-hydrogen) atoms. The third-order valence-electron chi connectivity index (χ3n) is 5.04. The van der Waals surface area contributed by atoms with Crippen molar-refractivity contribution in [2.24, 2.45) is 0 Å². The second kappa shape index (κ2) is 5.58. The van der Waals surface area contributed by atoms with E-state index in [-0.39, 0.29) is 17.0 Å². The van der Waals surface area contributed by atoms with E-state index in [9.17, 15) is 8.42 Å². The molecular formula is C16H24BNO4S. The Balaban J connectivity index is 1.79. The molecule has 0 saturated carbocycles. The Labute approximate surface area is 139 Å². The van der Waals surface area contributed by atoms with Crippen LogP contribution in [0.5, 0.6) is 0 Å². The second-order valence-corrected chi connectivity index (χ2v) is 9.42. The third kappa shape index (κ3) is 3.20. The van der Waals surface area contributed by atoms with Crippen molar-refractivity contribution in [1.82, 2.24) is 4.31 Å². The van der Waals surface area contributed by atoms with Crippen LogP contribution in [0.1, 0.15) is 39.7 Å². The van der Waals surface area contributed by atoms with Crippen LogP contribution in [0.15, 0.2) is 24.3 Å². The third-order valence-corrected chi connectivity index (χ3v) is 6.94. The SMILES string of the molecule is CC1(C)OB(c2cccc(CN3CCCS3(=O)=O)c2)OC1(C)C. The molecule has 0 aromatic heterocycles. The number of nitrogens with zero attached hydrogens (tertiary/aromatic N) is 1. The molecular weight excluding hydrogens is 313 g/mol. The molecule has 0 N–H and O–H groups in total. The van der Waals surface area contributed by atoms with Gasteiger partial charge < -0.3 is 9.31 Å². The minimum Gasteiger partial charge on any atom is -0.399 e. The van der Waals surface area contributed by atoms with Crippen molar-refractivity contribution in [2.75, 3.05) is 12.3 Å². The lowest BCUT2D eigenvalue weighted by Gasteiger charge is -2.32. The van der Waals surface area contributed by atoms with Crippen LogP contribution in [0.25, 0.3) is 0 Å². The molecule has 2 fully saturated rings. The second-order valence-electron chi connectivity index (χ2n) is 7.34. The average molecular weight is 337 g/mol. The molecule has 2 heterocycles. The monoisotopic (exact) mass is 337 g/mol. The first-order chi connectivity index (χ1) is 10.6. The van der Waals surface area contributed by atoms with Crippen molar-refractivity contribution in [1.29, 1.82) is 0 Å². The van der Waals surface area contributed by atoms with E-state index in [1.807, 2.05) is 52.0 Å². The lowest BCUT2D eigenvalue weighted by Crippen LogP contribution is -2.41. The van der Waals surface area contributed by atoms with E-state index in [4.69, 9.17) is 9.31 Å². The lowest BCUT2D eigenvalue weighted by molar-refractivity contribution is 0.00578. The maximum atomic E-state index is 12.0.